The van der Waals surface area contributed by atoms with E-state index in [0.717, 1.165) is 27.7 Å². The van der Waals surface area contributed by atoms with E-state index in [2.05, 4.69) is 5.32 Å². The van der Waals surface area contributed by atoms with Gasteiger partial charge in [-0.3, -0.25) is 4.79 Å². The number of rotatable bonds is 3. The van der Waals surface area contributed by atoms with Gasteiger partial charge in [-0.1, -0.05) is 53.5 Å². The molecule has 0 atom stereocenters. The molecule has 5 heteroatoms. The molecule has 0 aliphatic rings. The van der Waals surface area contributed by atoms with E-state index in [1.165, 1.54) is 0 Å². The van der Waals surface area contributed by atoms with Crippen molar-refractivity contribution in [1.82, 2.24) is 4.98 Å². The normalized spacial score (nSPS) is 10.8. The first-order valence-corrected chi connectivity index (χ1v) is 9.50. The van der Waals surface area contributed by atoms with Crippen LogP contribution in [0.15, 0.2) is 72.8 Å². The molecule has 0 unspecified atom stereocenters. The Bertz CT molecular complexity index is 1190. The topological polar surface area (TPSA) is 42.0 Å². The molecule has 0 fully saturated rings. The minimum atomic E-state index is -0.195. The Kier molecular flexibility index (Phi) is 5.03. The lowest BCUT2D eigenvalue weighted by Gasteiger charge is -2.12. The van der Waals surface area contributed by atoms with Crippen LogP contribution >= 0.6 is 23.2 Å². The second kappa shape index (κ2) is 7.63. The van der Waals surface area contributed by atoms with Crippen LogP contribution in [0, 0.1) is 6.92 Å². The third-order valence-corrected chi connectivity index (χ3v) is 5.02. The summed E-state index contributed by atoms with van der Waals surface area (Å²) in [5.41, 5.74) is 4.55. The highest BCUT2D eigenvalue weighted by Gasteiger charge is 2.15. The SMILES string of the molecule is Cc1cc(Cl)ccc1NC(=O)c1cc(-c2ccc(Cl)cc2)nc2ccccc12. The van der Waals surface area contributed by atoms with Crippen molar-refractivity contribution >= 4 is 45.7 Å². The third kappa shape index (κ3) is 3.72. The fourth-order valence-corrected chi connectivity index (χ4v) is 3.44. The van der Waals surface area contributed by atoms with E-state index >= 15 is 0 Å². The molecule has 4 aromatic rings. The molecule has 4 rings (SSSR count). The molecule has 0 spiro atoms. The molecule has 1 heterocycles. The number of para-hydroxylation sites is 1. The fourth-order valence-electron chi connectivity index (χ4n) is 3.09. The Balaban J connectivity index is 1.80. The van der Waals surface area contributed by atoms with Gasteiger partial charge in [-0.2, -0.15) is 0 Å². The van der Waals surface area contributed by atoms with Gasteiger partial charge in [0.05, 0.1) is 16.8 Å². The van der Waals surface area contributed by atoms with Gasteiger partial charge in [0.2, 0.25) is 0 Å². The minimum Gasteiger partial charge on any atom is -0.322 e. The molecule has 28 heavy (non-hydrogen) atoms. The number of carbonyl (C=O) groups is 1. The number of pyridine rings is 1. The summed E-state index contributed by atoms with van der Waals surface area (Å²) in [6, 6.07) is 22.2. The summed E-state index contributed by atoms with van der Waals surface area (Å²) in [6.07, 6.45) is 0. The van der Waals surface area contributed by atoms with Gasteiger partial charge in [-0.05, 0) is 55.0 Å². The smallest absolute Gasteiger partial charge is 0.256 e. The molecule has 1 N–H and O–H groups in total. The number of amides is 1. The zero-order valence-electron chi connectivity index (χ0n) is 15.0. The maximum atomic E-state index is 13.1. The zero-order chi connectivity index (χ0) is 19.7. The Labute approximate surface area is 172 Å². The summed E-state index contributed by atoms with van der Waals surface area (Å²) in [5.74, 6) is -0.195. The highest BCUT2D eigenvalue weighted by Crippen LogP contribution is 2.27. The monoisotopic (exact) mass is 406 g/mol. The molecule has 0 radical (unpaired) electrons. The van der Waals surface area contributed by atoms with Crippen molar-refractivity contribution in [3.05, 3.63) is 94.0 Å². The van der Waals surface area contributed by atoms with Crippen LogP contribution in [-0.4, -0.2) is 10.9 Å². The number of halogens is 2. The molecule has 0 aliphatic carbocycles. The minimum absolute atomic E-state index is 0.195. The van der Waals surface area contributed by atoms with Crippen LogP contribution in [0.1, 0.15) is 15.9 Å². The summed E-state index contributed by atoms with van der Waals surface area (Å²) in [6.45, 7) is 1.91. The molecule has 0 bridgehead atoms. The average molecular weight is 407 g/mol. The molecule has 3 nitrogen and oxygen atoms in total. The van der Waals surface area contributed by atoms with Gasteiger partial charge in [0, 0.05) is 26.7 Å². The second-order valence-electron chi connectivity index (χ2n) is 6.49. The number of carbonyl (C=O) groups excluding carboxylic acids is 1. The van der Waals surface area contributed by atoms with Crippen LogP contribution in [0.4, 0.5) is 5.69 Å². The van der Waals surface area contributed by atoms with E-state index in [1.54, 1.807) is 12.1 Å². The number of hydrogen-bond acceptors (Lipinski definition) is 2. The van der Waals surface area contributed by atoms with Gasteiger partial charge in [-0.25, -0.2) is 4.98 Å². The van der Waals surface area contributed by atoms with Crippen LogP contribution < -0.4 is 5.32 Å². The van der Waals surface area contributed by atoms with E-state index < -0.39 is 0 Å². The zero-order valence-corrected chi connectivity index (χ0v) is 16.6. The maximum absolute atomic E-state index is 13.1. The van der Waals surface area contributed by atoms with Crippen LogP contribution in [0.5, 0.6) is 0 Å². The Morgan fingerprint density at radius 1 is 0.893 bits per heavy atom. The first kappa shape index (κ1) is 18.5. The van der Waals surface area contributed by atoms with Crippen LogP contribution in [0.2, 0.25) is 10.0 Å². The predicted octanol–water partition coefficient (Wildman–Crippen LogP) is 6.77. The number of aromatic nitrogens is 1. The van der Waals surface area contributed by atoms with Crippen molar-refractivity contribution in [1.29, 1.82) is 0 Å². The second-order valence-corrected chi connectivity index (χ2v) is 7.37. The first-order chi connectivity index (χ1) is 13.5. The quantitative estimate of drug-likeness (QED) is 0.407. The van der Waals surface area contributed by atoms with Gasteiger partial charge >= 0.3 is 0 Å². The fraction of sp³-hybridized carbons (Fsp3) is 0.0435. The number of hydrogen-bond donors (Lipinski definition) is 1. The van der Waals surface area contributed by atoms with Gasteiger partial charge in [0.1, 0.15) is 0 Å². The first-order valence-electron chi connectivity index (χ1n) is 8.74. The molecule has 0 saturated carbocycles. The molecule has 1 amide bonds. The highest BCUT2D eigenvalue weighted by molar-refractivity contribution is 6.31. The Morgan fingerprint density at radius 2 is 1.61 bits per heavy atom. The van der Waals surface area contributed by atoms with Gasteiger partial charge in [0.25, 0.3) is 5.91 Å². The average Bonchev–Trinajstić information content (AvgIpc) is 2.69. The van der Waals surface area contributed by atoms with E-state index in [9.17, 15) is 4.79 Å². The number of nitrogens with zero attached hydrogens (tertiary/aromatic N) is 1. The summed E-state index contributed by atoms with van der Waals surface area (Å²) >= 11 is 12.0. The molecule has 0 aliphatic heterocycles. The Hall–Kier alpha value is -2.88. The lowest BCUT2D eigenvalue weighted by atomic mass is 10.0. The molecular formula is C23H16Cl2N2O. The number of nitrogens with one attached hydrogen (secondary N) is 1. The van der Waals surface area contributed by atoms with Gasteiger partial charge in [0.15, 0.2) is 0 Å². The number of anilines is 1. The number of aryl methyl sites for hydroxylation is 1. The highest BCUT2D eigenvalue weighted by atomic mass is 35.5. The lowest BCUT2D eigenvalue weighted by Crippen LogP contribution is -2.14. The summed E-state index contributed by atoms with van der Waals surface area (Å²) in [5, 5.41) is 5.07. The van der Waals surface area contributed by atoms with E-state index in [1.807, 2.05) is 67.6 Å². The summed E-state index contributed by atoms with van der Waals surface area (Å²) in [7, 11) is 0. The van der Waals surface area contributed by atoms with Crippen LogP contribution in [0.25, 0.3) is 22.2 Å². The number of benzene rings is 3. The van der Waals surface area contributed by atoms with E-state index in [-0.39, 0.29) is 5.91 Å². The molecule has 3 aromatic carbocycles. The van der Waals surface area contributed by atoms with Crippen molar-refractivity contribution in [2.75, 3.05) is 5.32 Å². The maximum Gasteiger partial charge on any atom is 0.256 e. The van der Waals surface area contributed by atoms with Gasteiger partial charge in [-0.15, -0.1) is 0 Å². The Morgan fingerprint density at radius 3 is 2.36 bits per heavy atom. The van der Waals surface area contributed by atoms with Gasteiger partial charge < -0.3 is 5.32 Å². The largest absolute Gasteiger partial charge is 0.322 e. The van der Waals surface area contributed by atoms with Crippen molar-refractivity contribution < 1.29 is 4.79 Å². The molecular weight excluding hydrogens is 391 g/mol. The molecule has 1 aromatic heterocycles. The van der Waals surface area contributed by atoms with Crippen molar-refractivity contribution in [3.8, 4) is 11.3 Å². The van der Waals surface area contributed by atoms with Crippen molar-refractivity contribution in [2.45, 2.75) is 6.92 Å². The van der Waals surface area contributed by atoms with Crippen molar-refractivity contribution in [3.63, 3.8) is 0 Å². The van der Waals surface area contributed by atoms with Crippen molar-refractivity contribution in [2.24, 2.45) is 0 Å². The third-order valence-electron chi connectivity index (χ3n) is 4.54. The predicted molar refractivity (Wildman–Crippen MR) is 116 cm³/mol. The molecule has 0 saturated heterocycles. The summed E-state index contributed by atoms with van der Waals surface area (Å²) < 4.78 is 0. The van der Waals surface area contributed by atoms with E-state index in [0.29, 0.717) is 21.3 Å². The molecule has 138 valence electrons. The summed E-state index contributed by atoms with van der Waals surface area (Å²) in [4.78, 5) is 17.8. The van der Waals surface area contributed by atoms with Crippen LogP contribution in [0.3, 0.4) is 0 Å². The lowest BCUT2D eigenvalue weighted by molar-refractivity contribution is 0.102. The standard InChI is InChI=1S/C23H16Cl2N2O/c1-14-12-17(25)10-11-20(14)27-23(28)19-13-22(15-6-8-16(24)9-7-15)26-21-5-3-2-4-18(19)21/h2-13H,1H3,(H,27,28). The van der Waals surface area contributed by atoms with Crippen LogP contribution in [-0.2, 0) is 0 Å². The van der Waals surface area contributed by atoms with E-state index in [4.69, 9.17) is 28.2 Å². The number of fused-ring (bicyclic) bond motifs is 1.